The van der Waals surface area contributed by atoms with E-state index in [0.717, 1.165) is 11.1 Å². The van der Waals surface area contributed by atoms with Crippen LogP contribution in [0.1, 0.15) is 36.2 Å². The molecule has 7 nitrogen and oxygen atoms in total. The van der Waals surface area contributed by atoms with Crippen molar-refractivity contribution in [2.24, 2.45) is 0 Å². The van der Waals surface area contributed by atoms with Crippen LogP contribution in [0.4, 0.5) is 5.69 Å². The van der Waals surface area contributed by atoms with Crippen LogP contribution >= 0.6 is 12.2 Å². The number of carbonyl (C=O) groups excluding carboxylic acids is 2. The lowest BCUT2D eigenvalue weighted by Crippen LogP contribution is -2.30. The van der Waals surface area contributed by atoms with E-state index in [-0.39, 0.29) is 18.2 Å². The molecule has 0 unspecified atom stereocenters. The molecule has 1 aromatic heterocycles. The van der Waals surface area contributed by atoms with Gasteiger partial charge in [0.1, 0.15) is 0 Å². The highest BCUT2D eigenvalue weighted by Crippen LogP contribution is 2.19. The maximum Gasteiger partial charge on any atom is 0.253 e. The molecule has 8 heteroatoms. The van der Waals surface area contributed by atoms with Crippen molar-refractivity contribution in [1.29, 1.82) is 0 Å². The van der Waals surface area contributed by atoms with Crippen molar-refractivity contribution in [1.82, 2.24) is 19.7 Å². The molecule has 3 aromatic rings. The minimum atomic E-state index is -0.162. The van der Waals surface area contributed by atoms with Crippen LogP contribution in [0.2, 0.25) is 0 Å². The summed E-state index contributed by atoms with van der Waals surface area (Å²) in [6, 6.07) is 15.0. The van der Waals surface area contributed by atoms with Gasteiger partial charge in [-0.3, -0.25) is 19.3 Å². The Labute approximate surface area is 187 Å². The van der Waals surface area contributed by atoms with E-state index in [9.17, 15) is 9.59 Å². The SMILES string of the molecule is CCN(CC)C(=O)c1cccc(NC(=O)CCn2c(-c3ccc(C)cc3)n[nH]c2=S)c1. The molecular weight excluding hydrogens is 410 g/mol. The zero-order valence-corrected chi connectivity index (χ0v) is 18.8. The molecule has 2 N–H and O–H groups in total. The van der Waals surface area contributed by atoms with Crippen LogP contribution in [0.15, 0.2) is 48.5 Å². The maximum absolute atomic E-state index is 12.6. The van der Waals surface area contributed by atoms with Crippen molar-refractivity contribution in [3.05, 3.63) is 64.4 Å². The standard InChI is InChI=1S/C23H27N5O2S/c1-4-27(5-2)22(30)18-7-6-8-19(15-18)24-20(29)13-14-28-21(25-26-23(28)31)17-11-9-16(3)10-12-17/h6-12,15H,4-5,13-14H2,1-3H3,(H,24,29)(H,26,31). The number of aromatic nitrogens is 3. The molecule has 0 aliphatic heterocycles. The first-order valence-electron chi connectivity index (χ1n) is 10.3. The summed E-state index contributed by atoms with van der Waals surface area (Å²) in [6.45, 7) is 7.58. The van der Waals surface area contributed by atoms with Crippen LogP contribution in [0.3, 0.4) is 0 Å². The van der Waals surface area contributed by atoms with Crippen LogP contribution < -0.4 is 5.32 Å². The zero-order chi connectivity index (χ0) is 22.4. The Hall–Kier alpha value is -3.26. The fraction of sp³-hybridized carbons (Fsp3) is 0.304. The Morgan fingerprint density at radius 1 is 1.13 bits per heavy atom. The number of rotatable bonds is 8. The molecule has 31 heavy (non-hydrogen) atoms. The zero-order valence-electron chi connectivity index (χ0n) is 18.0. The van der Waals surface area contributed by atoms with Crippen molar-refractivity contribution in [3.8, 4) is 11.4 Å². The number of aromatic amines is 1. The second-order valence-corrected chi connectivity index (χ2v) is 7.61. The summed E-state index contributed by atoms with van der Waals surface area (Å²) < 4.78 is 2.29. The van der Waals surface area contributed by atoms with E-state index >= 15 is 0 Å². The third kappa shape index (κ3) is 5.46. The summed E-state index contributed by atoms with van der Waals surface area (Å²) >= 11 is 5.34. The van der Waals surface area contributed by atoms with Crippen molar-refractivity contribution in [3.63, 3.8) is 0 Å². The van der Waals surface area contributed by atoms with Gasteiger partial charge in [-0.25, -0.2) is 0 Å². The topological polar surface area (TPSA) is 83.0 Å². The summed E-state index contributed by atoms with van der Waals surface area (Å²) in [5, 5.41) is 9.99. The highest BCUT2D eigenvalue weighted by molar-refractivity contribution is 7.71. The second kappa shape index (κ2) is 10.2. The first-order chi connectivity index (χ1) is 14.9. The molecule has 1 heterocycles. The molecule has 0 aliphatic rings. The lowest BCUT2D eigenvalue weighted by atomic mass is 10.1. The lowest BCUT2D eigenvalue weighted by Gasteiger charge is -2.19. The Kier molecular flexibility index (Phi) is 7.36. The Morgan fingerprint density at radius 3 is 2.52 bits per heavy atom. The van der Waals surface area contributed by atoms with Gasteiger partial charge < -0.3 is 10.2 Å². The van der Waals surface area contributed by atoms with Crippen LogP contribution in [0.25, 0.3) is 11.4 Å². The number of amides is 2. The molecule has 0 fully saturated rings. The molecular formula is C23H27N5O2S. The number of H-pyrrole nitrogens is 1. The molecule has 2 amide bonds. The highest BCUT2D eigenvalue weighted by Gasteiger charge is 2.14. The van der Waals surface area contributed by atoms with Crippen molar-refractivity contribution in [2.75, 3.05) is 18.4 Å². The predicted octanol–water partition coefficient (Wildman–Crippen LogP) is 4.43. The Balaban J connectivity index is 1.67. The number of nitrogens with one attached hydrogen (secondary N) is 2. The van der Waals surface area contributed by atoms with Gasteiger partial charge in [-0.1, -0.05) is 35.9 Å². The van der Waals surface area contributed by atoms with E-state index in [0.29, 0.717) is 41.5 Å². The maximum atomic E-state index is 12.6. The van der Waals surface area contributed by atoms with E-state index in [1.165, 1.54) is 0 Å². The summed E-state index contributed by atoms with van der Waals surface area (Å²) in [6.07, 6.45) is 0.223. The van der Waals surface area contributed by atoms with Crippen molar-refractivity contribution in [2.45, 2.75) is 33.7 Å². The fourth-order valence-electron chi connectivity index (χ4n) is 3.31. The minimum absolute atomic E-state index is 0.0476. The average molecular weight is 438 g/mol. The largest absolute Gasteiger partial charge is 0.339 e. The molecule has 0 bridgehead atoms. The Bertz CT molecular complexity index is 1110. The van der Waals surface area contributed by atoms with E-state index < -0.39 is 0 Å². The van der Waals surface area contributed by atoms with Crippen LogP contribution in [0, 0.1) is 11.7 Å². The average Bonchev–Trinajstić information content (AvgIpc) is 3.14. The van der Waals surface area contributed by atoms with Crippen LogP contribution in [-0.4, -0.2) is 44.6 Å². The van der Waals surface area contributed by atoms with E-state index in [2.05, 4.69) is 15.5 Å². The lowest BCUT2D eigenvalue weighted by molar-refractivity contribution is -0.116. The first-order valence-corrected chi connectivity index (χ1v) is 10.7. The van der Waals surface area contributed by atoms with Gasteiger partial charge in [0.05, 0.1) is 0 Å². The van der Waals surface area contributed by atoms with Gasteiger partial charge in [0.15, 0.2) is 10.6 Å². The molecule has 3 rings (SSSR count). The van der Waals surface area contributed by atoms with Gasteiger partial charge >= 0.3 is 0 Å². The molecule has 162 valence electrons. The number of hydrogen-bond acceptors (Lipinski definition) is 4. The Morgan fingerprint density at radius 2 is 1.84 bits per heavy atom. The predicted molar refractivity (Wildman–Crippen MR) is 125 cm³/mol. The van der Waals surface area contributed by atoms with E-state index in [1.54, 1.807) is 29.2 Å². The van der Waals surface area contributed by atoms with Gasteiger partial charge in [-0.05, 0) is 51.2 Å². The van der Waals surface area contributed by atoms with Crippen LogP contribution in [0.5, 0.6) is 0 Å². The number of anilines is 1. The number of carbonyl (C=O) groups is 2. The van der Waals surface area contributed by atoms with Gasteiger partial charge in [0.2, 0.25) is 5.91 Å². The number of nitrogens with zero attached hydrogens (tertiary/aromatic N) is 3. The molecule has 0 aliphatic carbocycles. The normalized spacial score (nSPS) is 10.7. The summed E-state index contributed by atoms with van der Waals surface area (Å²) in [4.78, 5) is 26.8. The van der Waals surface area contributed by atoms with Crippen LogP contribution in [-0.2, 0) is 11.3 Å². The molecule has 0 radical (unpaired) electrons. The highest BCUT2D eigenvalue weighted by atomic mass is 32.1. The minimum Gasteiger partial charge on any atom is -0.339 e. The molecule has 0 atom stereocenters. The van der Waals surface area contributed by atoms with E-state index in [1.807, 2.05) is 49.6 Å². The molecule has 0 spiro atoms. The first kappa shape index (κ1) is 22.4. The van der Waals surface area contributed by atoms with Gasteiger partial charge in [0, 0.05) is 42.9 Å². The number of aryl methyl sites for hydroxylation is 1. The molecule has 0 saturated carbocycles. The number of benzene rings is 2. The smallest absolute Gasteiger partial charge is 0.253 e. The third-order valence-corrected chi connectivity index (χ3v) is 5.39. The van der Waals surface area contributed by atoms with Gasteiger partial charge in [-0.2, -0.15) is 5.10 Å². The second-order valence-electron chi connectivity index (χ2n) is 7.23. The summed E-state index contributed by atoms with van der Waals surface area (Å²) in [7, 11) is 0. The number of hydrogen-bond donors (Lipinski definition) is 2. The van der Waals surface area contributed by atoms with Crippen molar-refractivity contribution < 1.29 is 9.59 Å². The monoisotopic (exact) mass is 437 g/mol. The molecule has 2 aromatic carbocycles. The van der Waals surface area contributed by atoms with Gasteiger partial charge in [-0.15, -0.1) is 0 Å². The summed E-state index contributed by atoms with van der Waals surface area (Å²) in [5.41, 5.74) is 3.24. The van der Waals surface area contributed by atoms with Gasteiger partial charge in [0.25, 0.3) is 5.91 Å². The quantitative estimate of drug-likeness (QED) is 0.511. The van der Waals surface area contributed by atoms with E-state index in [4.69, 9.17) is 12.2 Å². The fourth-order valence-corrected chi connectivity index (χ4v) is 3.53. The third-order valence-electron chi connectivity index (χ3n) is 5.07. The van der Waals surface area contributed by atoms with Crippen molar-refractivity contribution >= 4 is 29.7 Å². The summed E-state index contributed by atoms with van der Waals surface area (Å²) in [5.74, 6) is 0.489. The molecule has 0 saturated heterocycles.